The third-order valence-electron chi connectivity index (χ3n) is 11.4. The molecule has 0 aliphatic carbocycles. The molecule has 0 radical (unpaired) electrons. The van der Waals surface area contributed by atoms with Crippen molar-refractivity contribution in [2.75, 3.05) is 4.90 Å². The Balaban J connectivity index is 1.11. The number of furan rings is 1. The molecule has 9 aromatic carbocycles. The van der Waals surface area contributed by atoms with Gasteiger partial charge in [-0.25, -0.2) is 0 Å². The first-order chi connectivity index (χ1) is 27.8. The summed E-state index contributed by atoms with van der Waals surface area (Å²) < 4.78 is 11.5. The van der Waals surface area contributed by atoms with Crippen LogP contribution >= 0.6 is 11.3 Å². The second-order valence-corrected chi connectivity index (χ2v) is 15.5. The molecule has 0 bridgehead atoms. The minimum atomic E-state index is 0.885. The van der Waals surface area contributed by atoms with E-state index in [0.29, 0.717) is 0 Å². The Kier molecular flexibility index (Phi) is 6.80. The summed E-state index contributed by atoms with van der Waals surface area (Å²) in [6, 6.07) is 70.2. The van der Waals surface area contributed by atoms with Crippen LogP contribution in [0.2, 0.25) is 0 Å². The molecule has 12 aromatic rings. The number of hydrogen-bond acceptors (Lipinski definition) is 3. The second kappa shape index (κ2) is 12.2. The Labute approximate surface area is 326 Å². The average molecular weight is 733 g/mol. The third kappa shape index (κ3) is 4.63. The van der Waals surface area contributed by atoms with Crippen molar-refractivity contribution in [3.05, 3.63) is 194 Å². The molecule has 56 heavy (non-hydrogen) atoms. The SMILES string of the molecule is c1ccc(N(c2ccc(-n3c4ccccc4c4ccccc43)cc2)c2cccc3c2sc2ccccc23)c(-c2cccc3oc4cc5ccccc5cc4c23)c1. The summed E-state index contributed by atoms with van der Waals surface area (Å²) in [7, 11) is 0. The van der Waals surface area contributed by atoms with Crippen LogP contribution in [0.25, 0.3) is 91.5 Å². The van der Waals surface area contributed by atoms with Crippen molar-refractivity contribution in [1.29, 1.82) is 0 Å². The van der Waals surface area contributed by atoms with Gasteiger partial charge in [-0.15, -0.1) is 11.3 Å². The molecule has 0 N–H and O–H groups in total. The van der Waals surface area contributed by atoms with E-state index in [1.54, 1.807) is 0 Å². The lowest BCUT2D eigenvalue weighted by Crippen LogP contribution is -2.11. The van der Waals surface area contributed by atoms with E-state index in [1.165, 1.54) is 52.8 Å². The van der Waals surface area contributed by atoms with Gasteiger partial charge in [0.25, 0.3) is 0 Å². The van der Waals surface area contributed by atoms with Crippen LogP contribution in [0.5, 0.6) is 0 Å². The van der Waals surface area contributed by atoms with E-state index in [9.17, 15) is 0 Å². The molecule has 262 valence electrons. The van der Waals surface area contributed by atoms with Gasteiger partial charge in [-0.2, -0.15) is 0 Å². The Morgan fingerprint density at radius 1 is 0.429 bits per heavy atom. The van der Waals surface area contributed by atoms with Gasteiger partial charge in [-0.1, -0.05) is 121 Å². The largest absolute Gasteiger partial charge is 0.456 e. The monoisotopic (exact) mass is 732 g/mol. The molecule has 3 nitrogen and oxygen atoms in total. The maximum absolute atomic E-state index is 6.58. The summed E-state index contributed by atoms with van der Waals surface area (Å²) >= 11 is 1.86. The van der Waals surface area contributed by atoms with Gasteiger partial charge in [-0.3, -0.25) is 0 Å². The predicted octanol–water partition coefficient (Wildman–Crippen LogP) is 15.3. The van der Waals surface area contributed by atoms with Crippen molar-refractivity contribution in [3.63, 3.8) is 0 Å². The Bertz CT molecular complexity index is 3440. The van der Waals surface area contributed by atoms with E-state index in [-0.39, 0.29) is 0 Å². The highest BCUT2D eigenvalue weighted by molar-refractivity contribution is 7.26. The van der Waals surface area contributed by atoms with Crippen molar-refractivity contribution in [1.82, 2.24) is 4.57 Å². The molecule has 12 rings (SSSR count). The number of para-hydroxylation sites is 3. The normalized spacial score (nSPS) is 11.9. The van der Waals surface area contributed by atoms with Crippen molar-refractivity contribution in [3.8, 4) is 16.8 Å². The summed E-state index contributed by atoms with van der Waals surface area (Å²) in [5.41, 5.74) is 10.9. The van der Waals surface area contributed by atoms with E-state index in [0.717, 1.165) is 55.8 Å². The molecule has 0 aliphatic heterocycles. The minimum Gasteiger partial charge on any atom is -0.456 e. The zero-order valence-electron chi connectivity index (χ0n) is 30.2. The highest BCUT2D eigenvalue weighted by Crippen LogP contribution is 2.49. The van der Waals surface area contributed by atoms with Gasteiger partial charge in [0, 0.05) is 54.0 Å². The molecule has 0 atom stereocenters. The highest BCUT2D eigenvalue weighted by Gasteiger charge is 2.23. The Morgan fingerprint density at radius 3 is 1.84 bits per heavy atom. The van der Waals surface area contributed by atoms with Crippen LogP contribution in [0.4, 0.5) is 17.1 Å². The van der Waals surface area contributed by atoms with Crippen LogP contribution in [-0.4, -0.2) is 4.57 Å². The van der Waals surface area contributed by atoms with Gasteiger partial charge < -0.3 is 13.9 Å². The number of fused-ring (bicyclic) bond motifs is 10. The molecule has 4 heteroatoms. The number of anilines is 3. The molecule has 0 saturated carbocycles. The van der Waals surface area contributed by atoms with Crippen molar-refractivity contribution >= 4 is 103 Å². The zero-order chi connectivity index (χ0) is 36.7. The first-order valence-corrected chi connectivity index (χ1v) is 19.8. The Morgan fingerprint density at radius 2 is 1.04 bits per heavy atom. The van der Waals surface area contributed by atoms with E-state index in [4.69, 9.17) is 4.42 Å². The number of rotatable bonds is 5. The number of thiophene rings is 1. The second-order valence-electron chi connectivity index (χ2n) is 14.5. The lowest BCUT2D eigenvalue weighted by molar-refractivity contribution is 0.669. The summed E-state index contributed by atoms with van der Waals surface area (Å²) in [6.45, 7) is 0. The lowest BCUT2D eigenvalue weighted by atomic mass is 9.96. The van der Waals surface area contributed by atoms with Crippen LogP contribution < -0.4 is 4.90 Å². The summed E-state index contributed by atoms with van der Waals surface area (Å²) in [5.74, 6) is 0. The molecule has 3 aromatic heterocycles. The van der Waals surface area contributed by atoms with E-state index >= 15 is 0 Å². The molecule has 0 saturated heterocycles. The molecular formula is C52H32N2OS. The highest BCUT2D eigenvalue weighted by atomic mass is 32.1. The fraction of sp³-hybridized carbons (Fsp3) is 0. The van der Waals surface area contributed by atoms with E-state index in [2.05, 4.69) is 204 Å². The van der Waals surface area contributed by atoms with Crippen LogP contribution in [-0.2, 0) is 0 Å². The van der Waals surface area contributed by atoms with Gasteiger partial charge in [-0.05, 0) is 89.1 Å². The van der Waals surface area contributed by atoms with Gasteiger partial charge in [0.05, 0.1) is 27.1 Å². The van der Waals surface area contributed by atoms with Crippen LogP contribution in [0.1, 0.15) is 0 Å². The smallest absolute Gasteiger partial charge is 0.136 e. The van der Waals surface area contributed by atoms with Crippen molar-refractivity contribution in [2.45, 2.75) is 0 Å². The molecule has 3 heterocycles. The summed E-state index contributed by atoms with van der Waals surface area (Å²) in [6.07, 6.45) is 0. The zero-order valence-corrected chi connectivity index (χ0v) is 31.0. The molecular weight excluding hydrogens is 701 g/mol. The molecule has 0 fully saturated rings. The molecule has 0 amide bonds. The molecule has 0 spiro atoms. The fourth-order valence-electron chi connectivity index (χ4n) is 8.90. The van der Waals surface area contributed by atoms with Gasteiger partial charge >= 0.3 is 0 Å². The maximum atomic E-state index is 6.58. The topological polar surface area (TPSA) is 21.3 Å². The minimum absolute atomic E-state index is 0.885. The maximum Gasteiger partial charge on any atom is 0.136 e. The van der Waals surface area contributed by atoms with Gasteiger partial charge in [0.15, 0.2) is 0 Å². The van der Waals surface area contributed by atoms with E-state index < -0.39 is 0 Å². The van der Waals surface area contributed by atoms with Gasteiger partial charge in [0.2, 0.25) is 0 Å². The van der Waals surface area contributed by atoms with Gasteiger partial charge in [0.1, 0.15) is 11.2 Å². The van der Waals surface area contributed by atoms with E-state index in [1.807, 2.05) is 11.3 Å². The van der Waals surface area contributed by atoms with Crippen molar-refractivity contribution in [2.24, 2.45) is 0 Å². The van der Waals surface area contributed by atoms with Crippen LogP contribution in [0, 0.1) is 0 Å². The molecule has 0 aliphatic rings. The number of nitrogens with zero attached hydrogens (tertiary/aromatic N) is 2. The summed E-state index contributed by atoms with van der Waals surface area (Å²) in [4.78, 5) is 2.46. The first-order valence-electron chi connectivity index (χ1n) is 19.0. The standard InChI is InChI=1S/C52H32N2OS/c1-2-14-34-32-49-43(31-33(34)13-1)51-41(19-12-25-48(51)55-49)39-17-5-9-23-46(39)54(47-24-11-20-42-40-18-6-10-26-50(40)56-52(42)47)36-29-27-35(28-30-36)53-44-21-7-3-15-37(44)38-16-4-8-22-45(38)53/h1-32H. The van der Waals surface area contributed by atoms with Crippen LogP contribution in [0.15, 0.2) is 199 Å². The predicted molar refractivity (Wildman–Crippen MR) is 239 cm³/mol. The molecule has 0 unspecified atom stereocenters. The van der Waals surface area contributed by atoms with Crippen LogP contribution in [0.3, 0.4) is 0 Å². The third-order valence-corrected chi connectivity index (χ3v) is 12.6. The quantitative estimate of drug-likeness (QED) is 0.176. The number of hydrogen-bond donors (Lipinski definition) is 0. The Hall–Kier alpha value is -7.14. The fourth-order valence-corrected chi connectivity index (χ4v) is 10.1. The first kappa shape index (κ1) is 31.2. The summed E-state index contributed by atoms with van der Waals surface area (Å²) in [5, 5.41) is 9.69. The number of aromatic nitrogens is 1. The van der Waals surface area contributed by atoms with Crippen molar-refractivity contribution < 1.29 is 4.42 Å². The number of benzene rings is 9. The lowest BCUT2D eigenvalue weighted by Gasteiger charge is -2.28. The average Bonchev–Trinajstić information content (AvgIpc) is 3.93.